The molecule has 0 amide bonds. The Kier molecular flexibility index (Phi) is 23.4. The Morgan fingerprint density at radius 3 is 1.36 bits per heavy atom. The average Bonchev–Trinajstić information content (AvgIpc) is 4.05. The molecule has 6 aliphatic rings. The van der Waals surface area contributed by atoms with E-state index in [2.05, 4.69) is 142 Å². The molecule has 10 rings (SSSR count). The van der Waals surface area contributed by atoms with Gasteiger partial charge in [-0.05, 0) is 119 Å². The van der Waals surface area contributed by atoms with E-state index < -0.39 is 27.0 Å². The molecule has 1 atom stereocenters. The Balaban J connectivity index is 0.000000173. The summed E-state index contributed by atoms with van der Waals surface area (Å²) in [7, 11) is 23.3. The van der Waals surface area contributed by atoms with Gasteiger partial charge in [-0.1, -0.05) is 129 Å². The Morgan fingerprint density at radius 2 is 0.961 bits per heavy atom. The van der Waals surface area contributed by atoms with Crippen LogP contribution in [0.4, 0.5) is 11.4 Å². The summed E-state index contributed by atoms with van der Waals surface area (Å²) in [6.45, 7) is 41.8. The van der Waals surface area contributed by atoms with Crippen molar-refractivity contribution in [3.8, 4) is 11.5 Å². The van der Waals surface area contributed by atoms with Crippen LogP contribution in [0.1, 0.15) is 214 Å². The van der Waals surface area contributed by atoms with Gasteiger partial charge in [0.25, 0.3) is 0 Å². The molecule has 6 fully saturated rings. The molecule has 4 aromatic rings. The molecule has 10 heteroatoms. The van der Waals surface area contributed by atoms with Crippen molar-refractivity contribution < 1.29 is 36.5 Å². The largest absolute Gasteiger partial charge is 0.517 e. The summed E-state index contributed by atoms with van der Waals surface area (Å²) in [5.74, 6) is 6.83. The summed E-state index contributed by atoms with van der Waals surface area (Å²) in [6.07, 6.45) is 15.3. The Hall–Kier alpha value is -1.77. The van der Waals surface area contributed by atoms with Gasteiger partial charge in [-0.15, -0.1) is 10.8 Å². The van der Waals surface area contributed by atoms with Crippen LogP contribution in [-0.2, 0) is 39.9 Å². The van der Waals surface area contributed by atoms with Gasteiger partial charge in [-0.2, -0.15) is 0 Å². The first kappa shape index (κ1) is 64.4. The molecule has 4 nitrogen and oxygen atoms in total. The van der Waals surface area contributed by atoms with E-state index in [1.54, 1.807) is 12.1 Å². The molecule has 0 aromatic heterocycles. The minimum Gasteiger partial charge on any atom is -0.517 e. The second kappa shape index (κ2) is 28.0. The number of hydrogen-bond donors (Lipinski definition) is 0. The van der Waals surface area contributed by atoms with Crippen molar-refractivity contribution in [1.82, 2.24) is 0 Å². The molecule has 77 heavy (non-hydrogen) atoms. The van der Waals surface area contributed by atoms with Gasteiger partial charge < -0.3 is 9.80 Å². The van der Waals surface area contributed by atoms with Crippen LogP contribution < -0.4 is 19.3 Å². The summed E-state index contributed by atoms with van der Waals surface area (Å²) in [4.78, 5) is 5.38. The molecule has 0 N–H and O–H groups in total. The zero-order valence-corrected chi connectivity index (χ0v) is 56.2. The van der Waals surface area contributed by atoms with Gasteiger partial charge in [0.15, 0.2) is 0 Å². The fourth-order valence-corrected chi connectivity index (χ4v) is 17.9. The number of benzene rings is 4. The first-order chi connectivity index (χ1) is 36.3. The van der Waals surface area contributed by atoms with Gasteiger partial charge in [0, 0.05) is 22.5 Å². The van der Waals surface area contributed by atoms with E-state index in [-0.39, 0.29) is 23.3 Å². The Bertz CT molecular complexity index is 2470. The molecule has 1 spiro atoms. The van der Waals surface area contributed by atoms with Crippen LogP contribution in [0, 0.1) is 47.6 Å². The third kappa shape index (κ3) is 16.3. The first-order valence-corrected chi connectivity index (χ1v) is 39.9. The molecular weight excluding hydrogens is 1210 g/mol. The normalized spacial score (nSPS) is 24.8. The molecule has 0 radical (unpaired) electrons. The van der Waals surface area contributed by atoms with Crippen molar-refractivity contribution in [2.24, 2.45) is 34.5 Å². The molecule has 4 aliphatic carbocycles. The van der Waals surface area contributed by atoms with Gasteiger partial charge >= 0.3 is 196 Å². The number of ether oxygens (including phenoxy) is 2. The van der Waals surface area contributed by atoms with E-state index in [0.29, 0.717) is 22.7 Å². The molecular formula is C67H96Cl4N2O2Ru2-2. The van der Waals surface area contributed by atoms with Crippen LogP contribution in [0.5, 0.6) is 11.5 Å². The van der Waals surface area contributed by atoms with Gasteiger partial charge in [0.05, 0.1) is 0 Å². The fraction of sp³-hybridized carbons (Fsp3) is 0.582. The van der Waals surface area contributed by atoms with Crippen LogP contribution in [0.3, 0.4) is 0 Å². The SMILES string of the molecule is CC(C)Oc1ccccc1[CH]=[Ru]([Cl])[Cl].CC(C)Oc1ccccc1[CH]=[Ru]([Cl])[Cl].CCCC1(C)[CH-]N(c2c(C(C)C)cccc2C(C)C)C(C)(C)C1.CCc1cccc(CC)c1N1[CH-]C2(CC1(C)C)C1CC3CC(C1)CC2C3. The second-order valence-electron chi connectivity index (χ2n) is 25.5. The summed E-state index contributed by atoms with van der Waals surface area (Å²) in [5.41, 5.74) is 12.3. The predicted octanol–water partition coefficient (Wildman–Crippen LogP) is 20.4. The monoisotopic (exact) mass is 1300 g/mol. The number of aryl methyl sites for hydroxylation is 2. The van der Waals surface area contributed by atoms with Crippen LogP contribution in [0.15, 0.2) is 84.9 Å². The van der Waals surface area contributed by atoms with E-state index >= 15 is 0 Å². The Morgan fingerprint density at radius 1 is 0.545 bits per heavy atom. The fourth-order valence-electron chi connectivity index (χ4n) is 14.3. The number of nitrogens with zero attached hydrogens (tertiary/aromatic N) is 2. The standard InChI is InChI=1S/C25H36N.C22H36N.2C10H12O.4ClH.2Ru/c1-5-19-8-7-9-20(6-2)23(19)26-16-25(15-24(26,3)4)21-11-17-10-18(13-21)14-22(25)12-17;1-9-13-22(8)14-21(6,7)23(15-22)20-18(16(2)3)11-10-12-19(20)17(4)5;2*1-8(2)11-10-7-5-4-6-9(10)3;;;;;;/h7-9,16-18,21-22H,5-6,10-15H2,1-4H3;10-12,15-17H,9,13-14H2,1-8H3;2*3-8H,1-2H3;4*1H;;/q2*-1;;;;;;;2*+2/p-4. The number of halogens is 4. The molecule has 1 unspecified atom stereocenters. The minimum atomic E-state index is -1.77. The van der Waals surface area contributed by atoms with Crippen LogP contribution in [-0.4, -0.2) is 32.5 Å². The van der Waals surface area contributed by atoms with E-state index in [9.17, 15) is 0 Å². The van der Waals surface area contributed by atoms with Crippen LogP contribution in [0.25, 0.3) is 0 Å². The number of rotatable bonds is 14. The quantitative estimate of drug-likeness (QED) is 0.0928. The van der Waals surface area contributed by atoms with Crippen LogP contribution in [0.2, 0.25) is 0 Å². The molecule has 2 aliphatic heterocycles. The molecule has 4 saturated carbocycles. The van der Waals surface area contributed by atoms with E-state index in [1.807, 2.05) is 85.4 Å². The predicted molar refractivity (Wildman–Crippen MR) is 331 cm³/mol. The topological polar surface area (TPSA) is 24.9 Å². The van der Waals surface area contributed by atoms with Crippen molar-refractivity contribution in [2.45, 2.75) is 217 Å². The van der Waals surface area contributed by atoms with E-state index in [0.717, 1.165) is 59.1 Å². The average molecular weight is 1310 g/mol. The summed E-state index contributed by atoms with van der Waals surface area (Å²) >= 11 is -3.54. The maximum absolute atomic E-state index is 5.82. The smallest absolute Gasteiger partial charge is 0.0145 e. The van der Waals surface area contributed by atoms with E-state index in [4.69, 9.17) is 48.2 Å². The van der Waals surface area contributed by atoms with Gasteiger partial charge in [-0.3, -0.25) is 0 Å². The molecule has 2 heterocycles. The maximum Gasteiger partial charge on any atom is 0.0145 e. The van der Waals surface area contributed by atoms with Crippen molar-refractivity contribution in [3.63, 3.8) is 0 Å². The summed E-state index contributed by atoms with van der Waals surface area (Å²) in [6, 6.07) is 29.4. The van der Waals surface area contributed by atoms with Crippen molar-refractivity contribution >= 4 is 59.4 Å². The minimum absolute atomic E-state index is 0.163. The zero-order chi connectivity index (χ0) is 56.6. The van der Waals surface area contributed by atoms with Gasteiger partial charge in [-0.25, -0.2) is 13.1 Å². The van der Waals surface area contributed by atoms with Crippen molar-refractivity contribution in [2.75, 3.05) is 9.80 Å². The summed E-state index contributed by atoms with van der Waals surface area (Å²) in [5, 5.41) is 0. The van der Waals surface area contributed by atoms with Crippen LogP contribution >= 0.6 is 38.8 Å². The number of para-hydroxylation sites is 4. The molecule has 4 aromatic carbocycles. The number of anilines is 2. The molecule has 432 valence electrons. The van der Waals surface area contributed by atoms with Gasteiger partial charge in [0.1, 0.15) is 0 Å². The third-order valence-corrected chi connectivity index (χ3v) is 20.6. The Labute approximate surface area is 495 Å². The second-order valence-corrected chi connectivity index (χ2v) is 37.0. The molecule has 4 bridgehead atoms. The number of hydrogen-bond acceptors (Lipinski definition) is 4. The zero-order valence-electron chi connectivity index (χ0n) is 49.7. The van der Waals surface area contributed by atoms with Crippen molar-refractivity contribution in [3.05, 3.63) is 131 Å². The third-order valence-electron chi connectivity index (χ3n) is 16.9. The van der Waals surface area contributed by atoms with Crippen molar-refractivity contribution in [1.29, 1.82) is 0 Å². The first-order valence-electron chi connectivity index (χ1n) is 29.0. The summed E-state index contributed by atoms with van der Waals surface area (Å²) < 4.78 is 15.0. The van der Waals surface area contributed by atoms with Gasteiger partial charge in [0.2, 0.25) is 0 Å². The van der Waals surface area contributed by atoms with E-state index in [1.165, 1.54) is 79.3 Å². The molecule has 2 saturated heterocycles. The maximum atomic E-state index is 5.82.